The predicted octanol–water partition coefficient (Wildman–Crippen LogP) is 2.86. The number of nitrogens with zero attached hydrogens (tertiary/aromatic N) is 1. The summed E-state index contributed by atoms with van der Waals surface area (Å²) < 4.78 is 0. The lowest BCUT2D eigenvalue weighted by Crippen LogP contribution is -2.43. The number of carbonyl (C=O) groups excluding carboxylic acids is 2. The SMILES string of the molecule is CC1CC(CN)CN1C(=O)C1CCC(NC(=O)CC2CCCC2)CC1.Cl. The van der Waals surface area contributed by atoms with Gasteiger partial charge in [-0.2, -0.15) is 0 Å². The van der Waals surface area contributed by atoms with Crippen LogP contribution in [-0.2, 0) is 9.59 Å². The second-order valence-electron chi connectivity index (χ2n) is 8.65. The topological polar surface area (TPSA) is 75.4 Å². The maximum atomic E-state index is 12.8. The van der Waals surface area contributed by atoms with E-state index in [2.05, 4.69) is 17.1 Å². The molecule has 0 spiro atoms. The van der Waals surface area contributed by atoms with Crippen molar-refractivity contribution in [3.63, 3.8) is 0 Å². The number of halogens is 1. The van der Waals surface area contributed by atoms with E-state index in [0.717, 1.165) is 38.6 Å². The average molecular weight is 386 g/mol. The van der Waals surface area contributed by atoms with E-state index in [4.69, 9.17) is 5.73 Å². The van der Waals surface area contributed by atoms with Crippen LogP contribution in [0.1, 0.15) is 71.1 Å². The van der Waals surface area contributed by atoms with Gasteiger partial charge >= 0.3 is 0 Å². The maximum Gasteiger partial charge on any atom is 0.225 e. The van der Waals surface area contributed by atoms with Gasteiger partial charge in [-0.15, -0.1) is 12.4 Å². The first-order chi connectivity index (χ1) is 12.1. The molecule has 3 rings (SSSR count). The van der Waals surface area contributed by atoms with Crippen molar-refractivity contribution < 1.29 is 9.59 Å². The number of carbonyl (C=O) groups is 2. The second kappa shape index (κ2) is 9.93. The number of amides is 2. The summed E-state index contributed by atoms with van der Waals surface area (Å²) in [7, 11) is 0. The van der Waals surface area contributed by atoms with E-state index in [1.165, 1.54) is 25.7 Å². The molecule has 0 bridgehead atoms. The maximum absolute atomic E-state index is 12.8. The highest BCUT2D eigenvalue weighted by atomic mass is 35.5. The molecule has 6 heteroatoms. The fraction of sp³-hybridized carbons (Fsp3) is 0.900. The van der Waals surface area contributed by atoms with Crippen LogP contribution in [0.4, 0.5) is 0 Å². The largest absolute Gasteiger partial charge is 0.353 e. The van der Waals surface area contributed by atoms with Crippen LogP contribution < -0.4 is 11.1 Å². The number of nitrogens with two attached hydrogens (primary N) is 1. The van der Waals surface area contributed by atoms with E-state index in [0.29, 0.717) is 36.8 Å². The van der Waals surface area contributed by atoms with E-state index in [1.54, 1.807) is 0 Å². The molecule has 0 aromatic carbocycles. The molecule has 1 heterocycles. The minimum absolute atomic E-state index is 0. The van der Waals surface area contributed by atoms with Crippen molar-refractivity contribution in [1.29, 1.82) is 0 Å². The third-order valence-corrected chi connectivity index (χ3v) is 6.67. The van der Waals surface area contributed by atoms with Gasteiger partial charge in [-0.1, -0.05) is 12.8 Å². The van der Waals surface area contributed by atoms with Gasteiger partial charge in [-0.05, 0) is 70.3 Å². The van der Waals surface area contributed by atoms with Gasteiger partial charge < -0.3 is 16.0 Å². The quantitative estimate of drug-likeness (QED) is 0.764. The summed E-state index contributed by atoms with van der Waals surface area (Å²) in [6.07, 6.45) is 10.4. The van der Waals surface area contributed by atoms with E-state index >= 15 is 0 Å². The Morgan fingerprint density at radius 2 is 1.69 bits per heavy atom. The minimum atomic E-state index is 0. The fourth-order valence-corrected chi connectivity index (χ4v) is 5.10. The lowest BCUT2D eigenvalue weighted by Gasteiger charge is -2.32. The molecule has 150 valence electrons. The average Bonchev–Trinajstić information content (AvgIpc) is 3.24. The van der Waals surface area contributed by atoms with Gasteiger partial charge in [0.25, 0.3) is 0 Å². The molecule has 2 amide bonds. The van der Waals surface area contributed by atoms with Crippen molar-refractivity contribution in [2.24, 2.45) is 23.5 Å². The number of hydrogen-bond donors (Lipinski definition) is 2. The molecule has 26 heavy (non-hydrogen) atoms. The molecule has 2 unspecified atom stereocenters. The summed E-state index contributed by atoms with van der Waals surface area (Å²) in [5.41, 5.74) is 5.78. The van der Waals surface area contributed by atoms with Crippen LogP contribution in [0, 0.1) is 17.8 Å². The summed E-state index contributed by atoms with van der Waals surface area (Å²) in [6.45, 7) is 3.64. The molecular weight excluding hydrogens is 350 g/mol. The van der Waals surface area contributed by atoms with Crippen LogP contribution in [0.3, 0.4) is 0 Å². The third kappa shape index (κ3) is 5.35. The van der Waals surface area contributed by atoms with Gasteiger partial charge in [0.2, 0.25) is 11.8 Å². The van der Waals surface area contributed by atoms with Gasteiger partial charge in [0, 0.05) is 31.0 Å². The summed E-state index contributed by atoms with van der Waals surface area (Å²) in [4.78, 5) is 27.1. The molecule has 0 aromatic rings. The van der Waals surface area contributed by atoms with Crippen molar-refractivity contribution in [3.8, 4) is 0 Å². The van der Waals surface area contributed by atoms with Crippen molar-refractivity contribution in [3.05, 3.63) is 0 Å². The molecule has 0 aromatic heterocycles. The molecular formula is C20H36ClN3O2. The molecule has 5 nitrogen and oxygen atoms in total. The smallest absolute Gasteiger partial charge is 0.225 e. The highest BCUT2D eigenvalue weighted by Crippen LogP contribution is 2.31. The Kier molecular flexibility index (Phi) is 8.21. The van der Waals surface area contributed by atoms with E-state index in [1.807, 2.05) is 0 Å². The van der Waals surface area contributed by atoms with E-state index in [-0.39, 0.29) is 30.3 Å². The first-order valence-corrected chi connectivity index (χ1v) is 10.4. The molecule has 2 saturated carbocycles. The molecule has 3 aliphatic rings. The number of hydrogen-bond acceptors (Lipinski definition) is 3. The second-order valence-corrected chi connectivity index (χ2v) is 8.65. The first-order valence-electron chi connectivity index (χ1n) is 10.4. The Labute approximate surface area is 164 Å². The first kappa shape index (κ1) is 21.5. The van der Waals surface area contributed by atoms with Crippen LogP contribution in [-0.4, -0.2) is 41.9 Å². The van der Waals surface area contributed by atoms with Crippen LogP contribution in [0.25, 0.3) is 0 Å². The van der Waals surface area contributed by atoms with Crippen molar-refractivity contribution in [2.75, 3.05) is 13.1 Å². The van der Waals surface area contributed by atoms with Crippen molar-refractivity contribution in [1.82, 2.24) is 10.2 Å². The number of likely N-dealkylation sites (tertiary alicyclic amines) is 1. The van der Waals surface area contributed by atoms with Gasteiger partial charge in [-0.3, -0.25) is 9.59 Å². The third-order valence-electron chi connectivity index (χ3n) is 6.67. The lowest BCUT2D eigenvalue weighted by atomic mass is 9.85. The van der Waals surface area contributed by atoms with E-state index < -0.39 is 0 Å². The highest BCUT2D eigenvalue weighted by Gasteiger charge is 2.36. The van der Waals surface area contributed by atoms with Crippen LogP contribution in [0.2, 0.25) is 0 Å². The Morgan fingerprint density at radius 3 is 2.27 bits per heavy atom. The Hall–Kier alpha value is -0.810. The number of rotatable bonds is 5. The standard InChI is InChI=1S/C20H35N3O2.ClH/c1-14-10-16(12-21)13-23(14)20(25)17-6-8-18(9-7-17)22-19(24)11-15-4-2-3-5-15;/h14-18H,2-13,21H2,1H3,(H,22,24);1H. The van der Waals surface area contributed by atoms with Crippen molar-refractivity contribution in [2.45, 2.75) is 83.2 Å². The summed E-state index contributed by atoms with van der Waals surface area (Å²) >= 11 is 0. The minimum Gasteiger partial charge on any atom is -0.353 e. The molecule has 2 aliphatic carbocycles. The predicted molar refractivity (Wildman–Crippen MR) is 106 cm³/mol. The summed E-state index contributed by atoms with van der Waals surface area (Å²) in [6, 6.07) is 0.593. The lowest BCUT2D eigenvalue weighted by molar-refractivity contribution is -0.137. The van der Waals surface area contributed by atoms with Crippen LogP contribution in [0.5, 0.6) is 0 Å². The van der Waals surface area contributed by atoms with Gasteiger partial charge in [0.05, 0.1) is 0 Å². The molecule has 3 N–H and O–H groups in total. The van der Waals surface area contributed by atoms with Crippen LogP contribution >= 0.6 is 12.4 Å². The molecule has 3 fully saturated rings. The van der Waals surface area contributed by atoms with E-state index in [9.17, 15) is 9.59 Å². The molecule has 2 atom stereocenters. The van der Waals surface area contributed by atoms with Gasteiger partial charge in [-0.25, -0.2) is 0 Å². The zero-order valence-electron chi connectivity index (χ0n) is 16.1. The summed E-state index contributed by atoms with van der Waals surface area (Å²) in [5, 5.41) is 3.22. The van der Waals surface area contributed by atoms with Gasteiger partial charge in [0.1, 0.15) is 0 Å². The molecule has 1 aliphatic heterocycles. The Morgan fingerprint density at radius 1 is 1.04 bits per heavy atom. The zero-order valence-corrected chi connectivity index (χ0v) is 16.9. The normalized spacial score (nSPS) is 32.3. The molecule has 0 radical (unpaired) electrons. The Bertz CT molecular complexity index is 474. The summed E-state index contributed by atoms with van der Waals surface area (Å²) in [5.74, 6) is 1.75. The van der Waals surface area contributed by atoms with Gasteiger partial charge in [0.15, 0.2) is 0 Å². The fourth-order valence-electron chi connectivity index (χ4n) is 5.10. The van der Waals surface area contributed by atoms with Crippen LogP contribution in [0.15, 0.2) is 0 Å². The monoisotopic (exact) mass is 385 g/mol. The zero-order chi connectivity index (χ0) is 17.8. The van der Waals surface area contributed by atoms with Crippen molar-refractivity contribution >= 4 is 24.2 Å². The molecule has 1 saturated heterocycles. The number of nitrogens with one attached hydrogen (secondary N) is 1. The Balaban J connectivity index is 0.00000243. The highest BCUT2D eigenvalue weighted by molar-refractivity contribution is 5.85.